The number of piperidine rings is 1. The number of nitrogens with one attached hydrogen (secondary N) is 1. The molecule has 2 aromatic carbocycles. The molecule has 2 heterocycles. The van der Waals surface area contributed by atoms with Crippen molar-refractivity contribution >= 4 is 33.2 Å². The summed E-state index contributed by atoms with van der Waals surface area (Å²) >= 11 is 5.70. The summed E-state index contributed by atoms with van der Waals surface area (Å²) in [4.78, 5) is 14.8. The average molecular weight is 439 g/mol. The van der Waals surface area contributed by atoms with Crippen LogP contribution in [0, 0.1) is 5.82 Å². The molecule has 0 aliphatic carbocycles. The summed E-state index contributed by atoms with van der Waals surface area (Å²) in [5.41, 5.74) is 0.546. The molecular formula is C20H20ClFN2O4S. The summed E-state index contributed by atoms with van der Waals surface area (Å²) in [5.74, 6) is -0.424. The molecule has 9 heteroatoms. The van der Waals surface area contributed by atoms with Gasteiger partial charge in [0.15, 0.2) is 0 Å². The van der Waals surface area contributed by atoms with Crippen molar-refractivity contribution in [3.05, 3.63) is 52.8 Å². The van der Waals surface area contributed by atoms with Crippen LogP contribution in [0.3, 0.4) is 0 Å². The van der Waals surface area contributed by atoms with Crippen molar-refractivity contribution < 1.29 is 22.3 Å². The molecule has 1 saturated heterocycles. The maximum absolute atomic E-state index is 13.3. The van der Waals surface area contributed by atoms with Gasteiger partial charge in [-0.05, 0) is 55.7 Å². The highest BCUT2D eigenvalue weighted by Gasteiger charge is 2.31. The zero-order valence-corrected chi connectivity index (χ0v) is 17.1. The number of ether oxygens (including phenoxy) is 1. The Morgan fingerprint density at radius 1 is 1.14 bits per heavy atom. The van der Waals surface area contributed by atoms with Crippen molar-refractivity contribution in [2.45, 2.75) is 36.6 Å². The summed E-state index contributed by atoms with van der Waals surface area (Å²) in [6, 6.07) is 7.91. The van der Waals surface area contributed by atoms with Crippen LogP contribution in [0.1, 0.15) is 36.0 Å². The van der Waals surface area contributed by atoms with Gasteiger partial charge in [-0.1, -0.05) is 11.6 Å². The third-order valence-corrected chi connectivity index (χ3v) is 6.93. The second-order valence-electron chi connectivity index (χ2n) is 7.18. The number of carbonyl (C=O) groups excluding carboxylic acids is 1. The number of hydrogen-bond donors (Lipinski definition) is 1. The van der Waals surface area contributed by atoms with Crippen molar-refractivity contribution in [3.63, 3.8) is 0 Å². The molecule has 4 rings (SSSR count). The van der Waals surface area contributed by atoms with E-state index < -0.39 is 15.8 Å². The summed E-state index contributed by atoms with van der Waals surface area (Å²) in [5, 5.41) is -0.286. The zero-order valence-electron chi connectivity index (χ0n) is 15.5. The minimum Gasteiger partial charge on any atom is -0.493 e. The number of halogens is 2. The van der Waals surface area contributed by atoms with Gasteiger partial charge in [-0.3, -0.25) is 9.52 Å². The smallest absolute Gasteiger partial charge is 0.261 e. The number of benzene rings is 2. The lowest BCUT2D eigenvalue weighted by atomic mass is 9.97. The van der Waals surface area contributed by atoms with Gasteiger partial charge in [-0.25, -0.2) is 12.8 Å². The first-order valence-corrected chi connectivity index (χ1v) is 11.3. The molecule has 29 heavy (non-hydrogen) atoms. The minimum atomic E-state index is -4.00. The van der Waals surface area contributed by atoms with Crippen molar-refractivity contribution in [1.29, 1.82) is 0 Å². The summed E-state index contributed by atoms with van der Waals surface area (Å²) in [6.45, 7) is 1.19. The molecule has 6 nitrogen and oxygen atoms in total. The second kappa shape index (κ2) is 7.84. The fourth-order valence-electron chi connectivity index (χ4n) is 3.77. The van der Waals surface area contributed by atoms with Crippen molar-refractivity contribution in [1.82, 2.24) is 4.90 Å². The molecule has 0 spiro atoms. The van der Waals surface area contributed by atoms with E-state index in [-0.39, 0.29) is 27.6 Å². The van der Waals surface area contributed by atoms with Crippen LogP contribution in [0.25, 0.3) is 0 Å². The number of hydrogen-bond acceptors (Lipinski definition) is 4. The Labute approximate surface area is 173 Å². The highest BCUT2D eigenvalue weighted by atomic mass is 35.5. The Morgan fingerprint density at radius 3 is 2.76 bits per heavy atom. The molecule has 1 atom stereocenters. The van der Waals surface area contributed by atoms with Gasteiger partial charge in [0.2, 0.25) is 0 Å². The molecule has 0 radical (unpaired) electrons. The summed E-state index contributed by atoms with van der Waals surface area (Å²) in [6.07, 6.45) is 3.77. The lowest BCUT2D eigenvalue weighted by molar-refractivity contribution is 0.0548. The lowest BCUT2D eigenvalue weighted by Crippen LogP contribution is -2.45. The van der Waals surface area contributed by atoms with Crippen LogP contribution < -0.4 is 9.46 Å². The average Bonchev–Trinajstić information content (AvgIpc) is 2.69. The maximum atomic E-state index is 13.3. The second-order valence-corrected chi connectivity index (χ2v) is 9.27. The highest BCUT2D eigenvalue weighted by molar-refractivity contribution is 7.92. The predicted molar refractivity (Wildman–Crippen MR) is 107 cm³/mol. The van der Waals surface area contributed by atoms with Crippen LogP contribution in [0.15, 0.2) is 41.3 Å². The summed E-state index contributed by atoms with van der Waals surface area (Å²) < 4.78 is 46.8. The minimum absolute atomic E-state index is 0.145. The number of sulfonamides is 1. The summed E-state index contributed by atoms with van der Waals surface area (Å²) in [7, 11) is -4.00. The highest BCUT2D eigenvalue weighted by Crippen LogP contribution is 2.31. The van der Waals surface area contributed by atoms with Crippen LogP contribution >= 0.6 is 11.6 Å². The van der Waals surface area contributed by atoms with Gasteiger partial charge < -0.3 is 9.64 Å². The van der Waals surface area contributed by atoms with Crippen LogP contribution in [0.2, 0.25) is 5.02 Å². The molecule has 0 bridgehead atoms. The van der Waals surface area contributed by atoms with E-state index in [1.165, 1.54) is 12.1 Å². The Hall–Kier alpha value is -2.32. The molecule has 1 N–H and O–H groups in total. The van der Waals surface area contributed by atoms with E-state index in [1.54, 1.807) is 6.07 Å². The Kier molecular flexibility index (Phi) is 5.40. The van der Waals surface area contributed by atoms with Crippen LogP contribution in [-0.2, 0) is 10.0 Å². The zero-order chi connectivity index (χ0) is 20.6. The number of amides is 1. The standard InChI is InChI=1S/C20H20ClFN2O4S/c21-17-12-15(5-6-18(17)22)29(26,27)23-13-4-7-19-16(11-13)20(25)24-9-2-1-3-14(24)8-10-28-19/h4-7,11-12,14,23H,1-3,8-10H2. The van der Waals surface area contributed by atoms with Crippen LogP contribution in [-0.4, -0.2) is 38.4 Å². The van der Waals surface area contributed by atoms with Gasteiger partial charge in [0.05, 0.1) is 22.1 Å². The fraction of sp³-hybridized carbons (Fsp3) is 0.350. The largest absolute Gasteiger partial charge is 0.493 e. The van der Waals surface area contributed by atoms with Crippen LogP contribution in [0.5, 0.6) is 5.75 Å². The first kappa shape index (κ1) is 20.0. The van der Waals surface area contributed by atoms with Gasteiger partial charge in [0, 0.05) is 24.7 Å². The van der Waals surface area contributed by atoms with Gasteiger partial charge in [-0.15, -0.1) is 0 Å². The first-order chi connectivity index (χ1) is 13.8. The number of carbonyl (C=O) groups is 1. The molecule has 1 amide bonds. The number of nitrogens with zero attached hydrogens (tertiary/aromatic N) is 1. The van der Waals surface area contributed by atoms with Gasteiger partial charge in [0.1, 0.15) is 11.6 Å². The predicted octanol–water partition coefficient (Wildman–Crippen LogP) is 4.06. The lowest BCUT2D eigenvalue weighted by Gasteiger charge is -2.37. The van der Waals surface area contributed by atoms with Crippen LogP contribution in [0.4, 0.5) is 10.1 Å². The number of fused-ring (bicyclic) bond motifs is 2. The Bertz CT molecular complexity index is 1060. The van der Waals surface area contributed by atoms with Gasteiger partial charge >= 0.3 is 0 Å². The van der Waals surface area contributed by atoms with Crippen molar-refractivity contribution in [3.8, 4) is 5.75 Å². The fourth-order valence-corrected chi connectivity index (χ4v) is 5.09. The van der Waals surface area contributed by atoms with E-state index in [0.717, 1.165) is 43.9 Å². The quantitative estimate of drug-likeness (QED) is 0.784. The molecule has 0 aromatic heterocycles. The van der Waals surface area contributed by atoms with E-state index in [1.807, 2.05) is 4.90 Å². The number of anilines is 1. The van der Waals surface area contributed by atoms with Crippen molar-refractivity contribution in [2.75, 3.05) is 17.9 Å². The monoisotopic (exact) mass is 438 g/mol. The van der Waals surface area contributed by atoms with E-state index in [9.17, 15) is 17.6 Å². The SMILES string of the molecule is O=C1c2cc(NS(=O)(=O)c3ccc(F)c(Cl)c3)ccc2OCCC2CCCCN12. The Balaban J connectivity index is 1.65. The number of rotatable bonds is 3. The van der Waals surface area contributed by atoms with E-state index >= 15 is 0 Å². The van der Waals surface area contributed by atoms with Gasteiger partial charge in [-0.2, -0.15) is 0 Å². The third kappa shape index (κ3) is 4.04. The molecule has 1 fully saturated rings. The third-order valence-electron chi connectivity index (χ3n) is 5.26. The molecule has 154 valence electrons. The molecule has 2 aliphatic heterocycles. The molecule has 0 saturated carbocycles. The van der Waals surface area contributed by atoms with E-state index in [0.29, 0.717) is 24.5 Å². The molecule has 1 unspecified atom stereocenters. The van der Waals surface area contributed by atoms with E-state index in [2.05, 4.69) is 4.72 Å². The molecule has 2 aromatic rings. The van der Waals surface area contributed by atoms with E-state index in [4.69, 9.17) is 16.3 Å². The normalized spacial score (nSPS) is 19.4. The first-order valence-electron chi connectivity index (χ1n) is 9.41. The molecule has 2 aliphatic rings. The van der Waals surface area contributed by atoms with Crippen molar-refractivity contribution in [2.24, 2.45) is 0 Å². The maximum Gasteiger partial charge on any atom is 0.261 e. The van der Waals surface area contributed by atoms with Gasteiger partial charge in [0.25, 0.3) is 15.9 Å². The Morgan fingerprint density at radius 2 is 1.97 bits per heavy atom. The molecular weight excluding hydrogens is 419 g/mol. The topological polar surface area (TPSA) is 75.7 Å².